The van der Waals surface area contributed by atoms with E-state index in [0.29, 0.717) is 12.8 Å². The van der Waals surface area contributed by atoms with Gasteiger partial charge in [0.2, 0.25) is 5.91 Å². The first-order valence-corrected chi connectivity index (χ1v) is 28.3. The first kappa shape index (κ1) is 63.2. The van der Waals surface area contributed by atoms with Gasteiger partial charge in [-0.15, -0.1) is 0 Å². The molecule has 9 heteroatoms. The van der Waals surface area contributed by atoms with Gasteiger partial charge < -0.3 is 40.3 Å². The molecule has 1 heterocycles. The van der Waals surface area contributed by atoms with E-state index in [2.05, 4.69) is 67.8 Å². The maximum absolute atomic E-state index is 13.1. The predicted molar refractivity (Wildman–Crippen MR) is 281 cm³/mol. The van der Waals surface area contributed by atoms with Crippen molar-refractivity contribution in [3.63, 3.8) is 0 Å². The predicted octanol–water partition coefficient (Wildman–Crippen LogP) is 13.7. The minimum atomic E-state index is -1.56. The van der Waals surface area contributed by atoms with Crippen molar-refractivity contribution < 1.29 is 39.8 Å². The number of carbonyl (C=O) groups is 1. The van der Waals surface area contributed by atoms with Crippen LogP contribution in [0.1, 0.15) is 258 Å². The van der Waals surface area contributed by atoms with Crippen LogP contribution in [-0.2, 0) is 14.3 Å². The zero-order valence-electron chi connectivity index (χ0n) is 43.4. The third-order valence-electron chi connectivity index (χ3n) is 13.4. The molecule has 0 aromatic carbocycles. The maximum Gasteiger partial charge on any atom is 0.220 e. The van der Waals surface area contributed by atoms with Crippen molar-refractivity contribution in [3.8, 4) is 0 Å². The fraction of sp³-hybridized carbons (Fsp3) is 0.845. The van der Waals surface area contributed by atoms with Crippen LogP contribution in [0, 0.1) is 0 Å². The lowest BCUT2D eigenvalue weighted by Gasteiger charge is -2.40. The molecule has 1 fully saturated rings. The summed E-state index contributed by atoms with van der Waals surface area (Å²) in [5, 5.41) is 54.7. The first-order chi connectivity index (χ1) is 32.8. The van der Waals surface area contributed by atoms with Crippen molar-refractivity contribution in [3.05, 3.63) is 48.6 Å². The van der Waals surface area contributed by atoms with Crippen LogP contribution in [0.15, 0.2) is 48.6 Å². The number of unbranched alkanes of at least 4 members (excludes halogenated alkanes) is 30. The molecule has 0 aromatic rings. The van der Waals surface area contributed by atoms with E-state index in [1.807, 2.05) is 0 Å². The molecule has 6 N–H and O–H groups in total. The number of rotatable bonds is 48. The number of allylic oxidation sites excluding steroid dienone is 8. The summed E-state index contributed by atoms with van der Waals surface area (Å²) in [5.74, 6) is -0.148. The number of aliphatic hydroxyl groups excluding tert-OH is 5. The molecule has 0 saturated carbocycles. The molecule has 0 spiro atoms. The average molecular weight is 946 g/mol. The Kier molecular flexibility index (Phi) is 45.1. The Labute approximate surface area is 412 Å². The van der Waals surface area contributed by atoms with Crippen LogP contribution in [0.3, 0.4) is 0 Å². The summed E-state index contributed by atoms with van der Waals surface area (Å²) in [6, 6.07) is -0.723. The maximum atomic E-state index is 13.1. The molecular weight excluding hydrogens is 839 g/mol. The molecule has 1 amide bonds. The van der Waals surface area contributed by atoms with E-state index in [1.54, 1.807) is 0 Å². The summed E-state index contributed by atoms with van der Waals surface area (Å²) < 4.78 is 11.3. The molecule has 0 aromatic heterocycles. The number of ether oxygens (including phenoxy) is 2. The Morgan fingerprint density at radius 3 is 1.37 bits per heavy atom. The molecule has 0 bridgehead atoms. The topological polar surface area (TPSA) is 149 Å². The Hall–Kier alpha value is -1.85. The second-order valence-corrected chi connectivity index (χ2v) is 19.7. The van der Waals surface area contributed by atoms with Gasteiger partial charge in [-0.05, 0) is 51.4 Å². The summed E-state index contributed by atoms with van der Waals surface area (Å²) >= 11 is 0. The monoisotopic (exact) mass is 946 g/mol. The van der Waals surface area contributed by atoms with E-state index in [1.165, 1.54) is 161 Å². The number of aliphatic hydroxyl groups is 5. The summed E-state index contributed by atoms with van der Waals surface area (Å²) in [5.41, 5.74) is 0. The van der Waals surface area contributed by atoms with E-state index in [9.17, 15) is 30.3 Å². The Morgan fingerprint density at radius 2 is 0.925 bits per heavy atom. The van der Waals surface area contributed by atoms with Crippen molar-refractivity contribution in [2.75, 3.05) is 13.2 Å². The quantitative estimate of drug-likeness (QED) is 0.0261. The molecule has 67 heavy (non-hydrogen) atoms. The molecule has 7 atom stereocenters. The number of hydrogen-bond donors (Lipinski definition) is 6. The zero-order valence-corrected chi connectivity index (χ0v) is 43.4. The van der Waals surface area contributed by atoms with Gasteiger partial charge in [-0.1, -0.05) is 249 Å². The molecule has 0 aliphatic carbocycles. The Morgan fingerprint density at radius 1 is 0.522 bits per heavy atom. The molecule has 1 aliphatic heterocycles. The molecule has 1 rings (SSSR count). The van der Waals surface area contributed by atoms with E-state index in [-0.39, 0.29) is 12.5 Å². The molecule has 7 unspecified atom stereocenters. The second kappa shape index (κ2) is 47.8. The largest absolute Gasteiger partial charge is 0.394 e. The lowest BCUT2D eigenvalue weighted by molar-refractivity contribution is -0.302. The minimum Gasteiger partial charge on any atom is -0.394 e. The smallest absolute Gasteiger partial charge is 0.220 e. The van der Waals surface area contributed by atoms with E-state index in [0.717, 1.165) is 70.6 Å². The van der Waals surface area contributed by atoms with Crippen LogP contribution in [0.25, 0.3) is 0 Å². The molecule has 1 aliphatic rings. The highest BCUT2D eigenvalue weighted by molar-refractivity contribution is 5.76. The number of hydrogen-bond acceptors (Lipinski definition) is 8. The molecule has 392 valence electrons. The van der Waals surface area contributed by atoms with Gasteiger partial charge in [0.1, 0.15) is 24.4 Å². The minimum absolute atomic E-state index is 0.140. The normalized spacial score (nSPS) is 20.0. The SMILES string of the molecule is CC/C=C\C/C=C\C/C=C\C/C=C\CCCCCCCCCCCCC(=O)NC(COC1OC(CO)C(O)C(O)C1O)C(O)CCCCCCCCCCCCCCCCCCCCCCC. The van der Waals surface area contributed by atoms with Crippen LogP contribution >= 0.6 is 0 Å². The van der Waals surface area contributed by atoms with E-state index < -0.39 is 49.5 Å². The second-order valence-electron chi connectivity index (χ2n) is 19.7. The van der Waals surface area contributed by atoms with Crippen molar-refractivity contribution in [1.29, 1.82) is 0 Å². The highest BCUT2D eigenvalue weighted by Crippen LogP contribution is 2.23. The van der Waals surface area contributed by atoms with Gasteiger partial charge in [0.15, 0.2) is 6.29 Å². The molecule has 9 nitrogen and oxygen atoms in total. The van der Waals surface area contributed by atoms with Gasteiger partial charge in [-0.3, -0.25) is 4.79 Å². The van der Waals surface area contributed by atoms with E-state index >= 15 is 0 Å². The molecular formula is C58H107NO8. The average Bonchev–Trinajstić information content (AvgIpc) is 3.33. The van der Waals surface area contributed by atoms with Crippen LogP contribution in [-0.4, -0.2) is 87.5 Å². The fourth-order valence-corrected chi connectivity index (χ4v) is 8.98. The number of nitrogens with one attached hydrogen (secondary N) is 1. The third kappa shape index (κ3) is 37.6. The van der Waals surface area contributed by atoms with Crippen molar-refractivity contribution >= 4 is 5.91 Å². The van der Waals surface area contributed by atoms with Gasteiger partial charge in [0.05, 0.1) is 25.4 Å². The summed E-state index contributed by atoms with van der Waals surface area (Å²) in [4.78, 5) is 13.1. The lowest BCUT2D eigenvalue weighted by atomic mass is 9.99. The first-order valence-electron chi connectivity index (χ1n) is 28.3. The lowest BCUT2D eigenvalue weighted by Crippen LogP contribution is -2.60. The van der Waals surface area contributed by atoms with Crippen LogP contribution < -0.4 is 5.32 Å². The van der Waals surface area contributed by atoms with Crippen LogP contribution in [0.5, 0.6) is 0 Å². The highest BCUT2D eigenvalue weighted by atomic mass is 16.7. The standard InChI is InChI=1S/C58H107NO8/c1-3-5-7-9-11-13-15-17-19-21-23-25-26-28-30-32-34-36-38-40-42-44-46-48-54(62)59-51(50-66-58-57(65)56(64)55(63)53(49-60)67-58)52(61)47-45-43-41-39-37-35-33-31-29-27-24-22-20-18-16-14-12-10-8-6-4-2/h5,7,11,13,17,19,23,25,51-53,55-58,60-61,63-65H,3-4,6,8-10,12,14-16,18,20-22,24,26-50H2,1-2H3,(H,59,62)/b7-5-,13-11-,19-17-,25-23-. The zero-order chi connectivity index (χ0) is 48.7. The highest BCUT2D eigenvalue weighted by Gasteiger charge is 2.44. The van der Waals surface area contributed by atoms with Gasteiger partial charge in [-0.25, -0.2) is 0 Å². The Bertz CT molecular complexity index is 1190. The summed E-state index contributed by atoms with van der Waals surface area (Å²) in [6.45, 7) is 3.75. The molecule has 0 radical (unpaired) electrons. The number of carbonyl (C=O) groups excluding carboxylic acids is 1. The Balaban J connectivity index is 2.22. The van der Waals surface area contributed by atoms with Crippen LogP contribution in [0.2, 0.25) is 0 Å². The van der Waals surface area contributed by atoms with Crippen molar-refractivity contribution in [2.45, 2.75) is 301 Å². The van der Waals surface area contributed by atoms with Gasteiger partial charge in [0, 0.05) is 6.42 Å². The van der Waals surface area contributed by atoms with Crippen LogP contribution in [0.4, 0.5) is 0 Å². The van der Waals surface area contributed by atoms with Gasteiger partial charge in [-0.2, -0.15) is 0 Å². The summed E-state index contributed by atoms with van der Waals surface area (Å²) in [6.07, 6.45) is 55.6. The summed E-state index contributed by atoms with van der Waals surface area (Å²) in [7, 11) is 0. The van der Waals surface area contributed by atoms with Crippen molar-refractivity contribution in [1.82, 2.24) is 5.32 Å². The molecule has 1 saturated heterocycles. The van der Waals surface area contributed by atoms with Gasteiger partial charge in [0.25, 0.3) is 0 Å². The number of amides is 1. The van der Waals surface area contributed by atoms with E-state index in [4.69, 9.17) is 9.47 Å². The third-order valence-corrected chi connectivity index (χ3v) is 13.4. The van der Waals surface area contributed by atoms with Gasteiger partial charge >= 0.3 is 0 Å². The van der Waals surface area contributed by atoms with Crippen molar-refractivity contribution in [2.24, 2.45) is 0 Å². The fourth-order valence-electron chi connectivity index (χ4n) is 8.98.